The van der Waals surface area contributed by atoms with Crippen LogP contribution in [0.15, 0.2) is 67.3 Å². The van der Waals surface area contributed by atoms with Crippen LogP contribution in [-0.2, 0) is 13.1 Å². The molecule has 0 atom stereocenters. The Morgan fingerprint density at radius 3 is 2.16 bits per heavy atom. The van der Waals surface area contributed by atoms with Gasteiger partial charge in [-0.15, -0.1) is 0 Å². The van der Waals surface area contributed by atoms with Gasteiger partial charge in [0.1, 0.15) is 25.4 Å². The van der Waals surface area contributed by atoms with Gasteiger partial charge in [-0.3, -0.25) is 0 Å². The van der Waals surface area contributed by atoms with E-state index in [2.05, 4.69) is 48.3 Å². The van der Waals surface area contributed by atoms with Crippen LogP contribution in [0.25, 0.3) is 0 Å². The van der Waals surface area contributed by atoms with Crippen molar-refractivity contribution in [3.05, 3.63) is 78.4 Å². The number of hydrogen-bond acceptors (Lipinski definition) is 1. The summed E-state index contributed by atoms with van der Waals surface area (Å²) >= 11 is 0. The topological polar surface area (TPSA) is 25.8 Å². The van der Waals surface area contributed by atoms with Crippen molar-refractivity contribution in [2.45, 2.75) is 13.1 Å². The smallest absolute Gasteiger partial charge is 0.119 e. The molecule has 0 aliphatic heterocycles. The molecule has 2 N–H and O–H groups in total. The van der Waals surface area contributed by atoms with Crippen molar-refractivity contribution in [1.29, 1.82) is 0 Å². The second-order valence-corrected chi connectivity index (χ2v) is 4.43. The molecule has 19 heavy (non-hydrogen) atoms. The number of quaternary nitrogens is 1. The van der Waals surface area contributed by atoms with Crippen molar-refractivity contribution in [2.24, 2.45) is 0 Å². The number of ether oxygens (including phenoxy) is 1. The maximum Gasteiger partial charge on any atom is 0.119 e. The number of benzene rings is 2. The Hall–Kier alpha value is -2.06. The normalized spacial score (nSPS) is 10.1. The van der Waals surface area contributed by atoms with Crippen LogP contribution in [0, 0.1) is 0 Å². The molecule has 2 aromatic rings. The van der Waals surface area contributed by atoms with Gasteiger partial charge in [0.25, 0.3) is 0 Å². The van der Waals surface area contributed by atoms with Crippen molar-refractivity contribution in [3.63, 3.8) is 0 Å². The van der Waals surface area contributed by atoms with Crippen molar-refractivity contribution in [3.8, 4) is 5.75 Å². The first kappa shape index (κ1) is 13.4. The highest BCUT2D eigenvalue weighted by Gasteiger charge is 1.98. The highest BCUT2D eigenvalue weighted by Crippen LogP contribution is 2.11. The first-order valence-electron chi connectivity index (χ1n) is 6.56. The molecular weight excluding hydrogens is 234 g/mol. The summed E-state index contributed by atoms with van der Waals surface area (Å²) in [5, 5.41) is 2.30. The van der Waals surface area contributed by atoms with Gasteiger partial charge in [0.15, 0.2) is 0 Å². The molecule has 2 heteroatoms. The fraction of sp³-hybridized carbons (Fsp3) is 0.176. The molecule has 0 radical (unpaired) electrons. The van der Waals surface area contributed by atoms with Gasteiger partial charge in [0, 0.05) is 11.1 Å². The molecule has 0 bridgehead atoms. The van der Waals surface area contributed by atoms with Gasteiger partial charge in [-0.05, 0) is 24.3 Å². The standard InChI is InChI=1S/C17H19NO/c1-2-12-19-17-10-8-16(9-11-17)14-18-13-15-6-4-3-5-7-15/h2-11,18H,1,12-14H2/p+1. The van der Waals surface area contributed by atoms with Crippen LogP contribution >= 0.6 is 0 Å². The van der Waals surface area contributed by atoms with E-state index in [9.17, 15) is 0 Å². The van der Waals surface area contributed by atoms with Crippen molar-refractivity contribution < 1.29 is 10.1 Å². The quantitative estimate of drug-likeness (QED) is 0.755. The molecule has 2 nitrogen and oxygen atoms in total. The molecule has 0 aliphatic carbocycles. The minimum absolute atomic E-state index is 0.555. The van der Waals surface area contributed by atoms with Gasteiger partial charge in [0.2, 0.25) is 0 Å². The lowest BCUT2D eigenvalue weighted by Crippen LogP contribution is -2.80. The lowest BCUT2D eigenvalue weighted by atomic mass is 10.2. The van der Waals surface area contributed by atoms with E-state index >= 15 is 0 Å². The average molecular weight is 254 g/mol. The van der Waals surface area contributed by atoms with Crippen LogP contribution in [0.2, 0.25) is 0 Å². The minimum Gasteiger partial charge on any atom is -0.490 e. The summed E-state index contributed by atoms with van der Waals surface area (Å²) in [6, 6.07) is 18.8. The molecule has 2 rings (SSSR count). The second kappa shape index (κ2) is 7.39. The van der Waals surface area contributed by atoms with Gasteiger partial charge in [-0.1, -0.05) is 43.0 Å². The third-order valence-electron chi connectivity index (χ3n) is 2.89. The summed E-state index contributed by atoms with van der Waals surface area (Å²) in [7, 11) is 0. The van der Waals surface area contributed by atoms with Crippen LogP contribution in [-0.4, -0.2) is 6.61 Å². The maximum absolute atomic E-state index is 5.46. The minimum atomic E-state index is 0.555. The predicted molar refractivity (Wildman–Crippen MR) is 77.9 cm³/mol. The van der Waals surface area contributed by atoms with E-state index in [-0.39, 0.29) is 0 Å². The van der Waals surface area contributed by atoms with E-state index in [0.717, 1.165) is 18.8 Å². The Morgan fingerprint density at radius 1 is 0.895 bits per heavy atom. The average Bonchev–Trinajstić information content (AvgIpc) is 2.47. The number of nitrogens with two attached hydrogens (primary N) is 1. The highest BCUT2D eigenvalue weighted by molar-refractivity contribution is 5.26. The monoisotopic (exact) mass is 254 g/mol. The Kier molecular flexibility index (Phi) is 5.20. The molecule has 0 saturated carbocycles. The van der Waals surface area contributed by atoms with Crippen molar-refractivity contribution in [2.75, 3.05) is 6.61 Å². The van der Waals surface area contributed by atoms with Crippen molar-refractivity contribution in [1.82, 2.24) is 0 Å². The van der Waals surface area contributed by atoms with Crippen LogP contribution in [0.1, 0.15) is 11.1 Å². The Bertz CT molecular complexity index is 490. The fourth-order valence-corrected chi connectivity index (χ4v) is 1.90. The molecule has 0 spiro atoms. The van der Waals surface area contributed by atoms with Gasteiger partial charge in [0.05, 0.1) is 0 Å². The molecule has 2 aromatic carbocycles. The molecular formula is C17H20NO+. The third kappa shape index (κ3) is 4.60. The van der Waals surface area contributed by atoms with Gasteiger partial charge in [-0.2, -0.15) is 0 Å². The lowest BCUT2D eigenvalue weighted by Gasteiger charge is -2.05. The Balaban J connectivity index is 1.78. The zero-order valence-electron chi connectivity index (χ0n) is 11.1. The van der Waals surface area contributed by atoms with E-state index in [1.54, 1.807) is 6.08 Å². The SMILES string of the molecule is C=CCOc1ccc(C[NH2+]Cc2ccccc2)cc1. The van der Waals surface area contributed by atoms with E-state index in [1.807, 2.05) is 18.2 Å². The van der Waals surface area contributed by atoms with E-state index in [4.69, 9.17) is 4.74 Å². The molecule has 0 amide bonds. The van der Waals surface area contributed by atoms with E-state index in [1.165, 1.54) is 11.1 Å². The van der Waals surface area contributed by atoms with Gasteiger partial charge >= 0.3 is 0 Å². The summed E-state index contributed by atoms with van der Waals surface area (Å²) < 4.78 is 5.46. The van der Waals surface area contributed by atoms with Crippen LogP contribution in [0.3, 0.4) is 0 Å². The maximum atomic E-state index is 5.46. The number of hydrogen-bond donors (Lipinski definition) is 1. The molecule has 0 unspecified atom stereocenters. The summed E-state index contributed by atoms with van der Waals surface area (Å²) in [5.41, 5.74) is 2.66. The van der Waals surface area contributed by atoms with E-state index < -0.39 is 0 Å². The van der Waals surface area contributed by atoms with Gasteiger partial charge < -0.3 is 10.1 Å². The summed E-state index contributed by atoms with van der Waals surface area (Å²) in [5.74, 6) is 0.895. The fourth-order valence-electron chi connectivity index (χ4n) is 1.90. The summed E-state index contributed by atoms with van der Waals surface area (Å²) in [4.78, 5) is 0. The lowest BCUT2D eigenvalue weighted by molar-refractivity contribution is -0.686. The molecule has 0 heterocycles. The zero-order chi connectivity index (χ0) is 13.3. The zero-order valence-corrected chi connectivity index (χ0v) is 11.1. The van der Waals surface area contributed by atoms with Crippen LogP contribution < -0.4 is 10.1 Å². The van der Waals surface area contributed by atoms with Crippen LogP contribution in [0.4, 0.5) is 0 Å². The van der Waals surface area contributed by atoms with Crippen molar-refractivity contribution >= 4 is 0 Å². The predicted octanol–water partition coefficient (Wildman–Crippen LogP) is 2.52. The number of rotatable bonds is 7. The Morgan fingerprint density at radius 2 is 1.53 bits per heavy atom. The first-order chi connectivity index (χ1) is 9.38. The Labute approximate surface area is 114 Å². The largest absolute Gasteiger partial charge is 0.490 e. The molecule has 0 aromatic heterocycles. The molecule has 0 fully saturated rings. The van der Waals surface area contributed by atoms with Crippen LogP contribution in [0.5, 0.6) is 5.75 Å². The highest BCUT2D eigenvalue weighted by atomic mass is 16.5. The molecule has 0 saturated heterocycles. The molecule has 98 valence electrons. The molecule has 0 aliphatic rings. The third-order valence-corrected chi connectivity index (χ3v) is 2.89. The van der Waals surface area contributed by atoms with E-state index in [0.29, 0.717) is 6.61 Å². The second-order valence-electron chi connectivity index (χ2n) is 4.43. The summed E-state index contributed by atoms with van der Waals surface area (Å²) in [6.07, 6.45) is 1.75. The van der Waals surface area contributed by atoms with Gasteiger partial charge in [-0.25, -0.2) is 0 Å². The summed E-state index contributed by atoms with van der Waals surface area (Å²) in [6.45, 7) is 6.18. The first-order valence-corrected chi connectivity index (χ1v) is 6.56.